The molecular weight excluding hydrogens is 573 g/mol. The first-order valence-corrected chi connectivity index (χ1v) is 14.2. The van der Waals surface area contributed by atoms with Gasteiger partial charge in [0.25, 0.3) is 5.91 Å². The molecule has 11 heteroatoms. The molecule has 1 atom stereocenters. The number of aryl methyl sites for hydroxylation is 1. The molecule has 2 aromatic heterocycles. The monoisotopic (exact) mass is 604 g/mol. The van der Waals surface area contributed by atoms with Gasteiger partial charge in [0.1, 0.15) is 34.3 Å². The average Bonchev–Trinajstić information content (AvgIpc) is 3.63. The first-order chi connectivity index (χ1) is 20.9. The van der Waals surface area contributed by atoms with E-state index in [1.54, 1.807) is 31.2 Å². The molecule has 3 heterocycles. The van der Waals surface area contributed by atoms with Gasteiger partial charge in [0.2, 0.25) is 0 Å². The summed E-state index contributed by atoms with van der Waals surface area (Å²) in [5, 5.41) is 23.0. The van der Waals surface area contributed by atoms with Crippen molar-refractivity contribution in [3.8, 4) is 16.9 Å². The van der Waals surface area contributed by atoms with Crippen molar-refractivity contribution in [2.24, 2.45) is 0 Å². The van der Waals surface area contributed by atoms with Crippen LogP contribution in [0, 0.1) is 24.4 Å². The fourth-order valence-electron chi connectivity index (χ4n) is 5.96. The summed E-state index contributed by atoms with van der Waals surface area (Å²) in [6.45, 7) is 4.71. The highest BCUT2D eigenvalue weighted by molar-refractivity contribution is 6.00. The van der Waals surface area contributed by atoms with Crippen LogP contribution in [0.3, 0.4) is 0 Å². The summed E-state index contributed by atoms with van der Waals surface area (Å²) >= 11 is 0. The smallest absolute Gasteiger partial charge is 0.251 e. The Morgan fingerprint density at radius 3 is 2.66 bits per heavy atom. The number of rotatable bonds is 7. The van der Waals surface area contributed by atoms with Gasteiger partial charge in [-0.2, -0.15) is 5.10 Å². The lowest BCUT2D eigenvalue weighted by atomic mass is 9.83. The topological polar surface area (TPSA) is 109 Å². The van der Waals surface area contributed by atoms with Crippen molar-refractivity contribution in [1.29, 1.82) is 0 Å². The van der Waals surface area contributed by atoms with Crippen LogP contribution in [0.4, 0.5) is 13.2 Å². The van der Waals surface area contributed by atoms with Crippen LogP contribution in [0.5, 0.6) is 5.75 Å². The molecule has 1 fully saturated rings. The Morgan fingerprint density at radius 2 is 1.95 bits per heavy atom. The summed E-state index contributed by atoms with van der Waals surface area (Å²) in [6.07, 6.45) is 2.22. The van der Waals surface area contributed by atoms with E-state index in [4.69, 9.17) is 9.47 Å². The SMILES string of the molecule is COc1cc(C(=O)NC[C@@]2(c3cc(C(C)(C)O)c(F)c(-c4c[nH]c5c(F)cccc45)c3F)CCCO2)cc2cc(C)nnc12. The number of ether oxygens (including phenoxy) is 2. The number of nitrogens with zero attached hydrogens (tertiary/aromatic N) is 2. The lowest BCUT2D eigenvalue weighted by Crippen LogP contribution is -2.41. The third-order valence-corrected chi connectivity index (χ3v) is 8.18. The molecule has 1 aliphatic heterocycles. The number of nitrogens with one attached hydrogen (secondary N) is 2. The van der Waals surface area contributed by atoms with Crippen molar-refractivity contribution < 1.29 is 32.5 Å². The molecule has 1 saturated heterocycles. The van der Waals surface area contributed by atoms with E-state index in [1.807, 2.05) is 0 Å². The van der Waals surface area contributed by atoms with Gasteiger partial charge in [-0.1, -0.05) is 12.1 Å². The zero-order valence-electron chi connectivity index (χ0n) is 24.6. The minimum absolute atomic E-state index is 0.0171. The third kappa shape index (κ3) is 4.95. The number of hydrogen-bond acceptors (Lipinski definition) is 6. The van der Waals surface area contributed by atoms with Gasteiger partial charge in [0.05, 0.1) is 36.0 Å². The summed E-state index contributed by atoms with van der Waals surface area (Å²) in [7, 11) is 1.47. The van der Waals surface area contributed by atoms with E-state index in [0.717, 1.165) is 0 Å². The number of H-pyrrole nitrogens is 1. The number of para-hydroxylation sites is 1. The molecule has 0 aliphatic carbocycles. The van der Waals surface area contributed by atoms with E-state index >= 15 is 8.78 Å². The standard InChI is InChI=1S/C33H31F3N4O4/c1-17-11-18-12-19(13-25(43-4)29(18)40-39-17)31(41)38-16-33(9-6-10-44-33)23-14-22(32(2,3)42)27(35)26(28(23)36)21-15-37-30-20(21)7-5-8-24(30)34/h5,7-8,11-15,37,42H,6,9-10,16H2,1-4H3,(H,38,41)/t33-/m1/s1. The maximum atomic E-state index is 16.7. The first kappa shape index (κ1) is 29.6. The van der Waals surface area contributed by atoms with E-state index in [9.17, 15) is 14.3 Å². The van der Waals surface area contributed by atoms with Crippen LogP contribution in [-0.4, -0.2) is 46.5 Å². The molecule has 44 heavy (non-hydrogen) atoms. The van der Waals surface area contributed by atoms with Gasteiger partial charge in [-0.05, 0) is 63.9 Å². The molecule has 228 valence electrons. The van der Waals surface area contributed by atoms with Crippen LogP contribution in [0.1, 0.15) is 53.9 Å². The van der Waals surface area contributed by atoms with E-state index in [1.165, 1.54) is 45.4 Å². The van der Waals surface area contributed by atoms with Crippen molar-refractivity contribution in [2.45, 2.75) is 44.8 Å². The van der Waals surface area contributed by atoms with Gasteiger partial charge in [-0.15, -0.1) is 5.10 Å². The number of fused-ring (bicyclic) bond motifs is 2. The highest BCUT2D eigenvalue weighted by Crippen LogP contribution is 2.45. The van der Waals surface area contributed by atoms with Crippen LogP contribution < -0.4 is 10.1 Å². The van der Waals surface area contributed by atoms with Crippen molar-refractivity contribution in [3.63, 3.8) is 0 Å². The molecule has 0 saturated carbocycles. The average molecular weight is 605 g/mol. The lowest BCUT2D eigenvalue weighted by molar-refractivity contribution is -0.00192. The van der Waals surface area contributed by atoms with Crippen LogP contribution >= 0.6 is 0 Å². The van der Waals surface area contributed by atoms with Gasteiger partial charge in [0.15, 0.2) is 0 Å². The van der Waals surface area contributed by atoms with Crippen molar-refractivity contribution in [1.82, 2.24) is 20.5 Å². The largest absolute Gasteiger partial charge is 0.494 e. The van der Waals surface area contributed by atoms with Crippen LogP contribution in [0.25, 0.3) is 32.9 Å². The predicted molar refractivity (Wildman–Crippen MR) is 159 cm³/mol. The molecule has 1 aliphatic rings. The van der Waals surface area contributed by atoms with Crippen molar-refractivity contribution in [2.75, 3.05) is 20.3 Å². The predicted octanol–water partition coefficient (Wildman–Crippen LogP) is 6.18. The summed E-state index contributed by atoms with van der Waals surface area (Å²) in [6, 6.07) is 10.5. The molecule has 5 aromatic rings. The Hall–Kier alpha value is -4.48. The Labute approximate surface area is 251 Å². The van der Waals surface area contributed by atoms with Crippen molar-refractivity contribution >= 4 is 27.7 Å². The highest BCUT2D eigenvalue weighted by atomic mass is 19.1. The van der Waals surface area contributed by atoms with Crippen LogP contribution in [0.2, 0.25) is 0 Å². The molecule has 1 amide bonds. The molecule has 6 rings (SSSR count). The Balaban J connectivity index is 1.44. The molecule has 3 aromatic carbocycles. The summed E-state index contributed by atoms with van der Waals surface area (Å²) in [5.74, 6) is -2.56. The number of methoxy groups -OCH3 is 1. The minimum Gasteiger partial charge on any atom is -0.494 e. The Kier molecular flexibility index (Phi) is 7.33. The molecule has 8 nitrogen and oxygen atoms in total. The second kappa shape index (κ2) is 10.9. The Bertz CT molecular complexity index is 1930. The van der Waals surface area contributed by atoms with Crippen LogP contribution in [0.15, 0.2) is 48.7 Å². The maximum absolute atomic E-state index is 16.7. The Morgan fingerprint density at radius 1 is 1.16 bits per heavy atom. The molecule has 0 radical (unpaired) electrons. The molecule has 3 N–H and O–H groups in total. The number of hydrogen-bond donors (Lipinski definition) is 3. The second-order valence-electron chi connectivity index (χ2n) is 11.6. The molecule has 0 unspecified atom stereocenters. The van der Waals surface area contributed by atoms with E-state index in [-0.39, 0.29) is 46.3 Å². The fourth-order valence-corrected chi connectivity index (χ4v) is 5.96. The number of halogens is 3. The normalized spacial score (nSPS) is 17.0. The van der Waals surface area contributed by atoms with E-state index < -0.39 is 40.1 Å². The summed E-state index contributed by atoms with van der Waals surface area (Å²) in [5.41, 5.74) is -2.03. The van der Waals surface area contributed by atoms with Crippen LogP contribution in [-0.2, 0) is 15.9 Å². The number of aromatic amines is 1. The summed E-state index contributed by atoms with van der Waals surface area (Å²) in [4.78, 5) is 16.2. The second-order valence-corrected chi connectivity index (χ2v) is 11.6. The quantitative estimate of drug-likeness (QED) is 0.205. The van der Waals surface area contributed by atoms with Gasteiger partial charge in [-0.25, -0.2) is 13.2 Å². The van der Waals surface area contributed by atoms with E-state index in [0.29, 0.717) is 35.2 Å². The zero-order valence-corrected chi connectivity index (χ0v) is 24.6. The van der Waals surface area contributed by atoms with Gasteiger partial charge in [-0.3, -0.25) is 4.79 Å². The minimum atomic E-state index is -1.70. The third-order valence-electron chi connectivity index (χ3n) is 8.18. The summed E-state index contributed by atoms with van der Waals surface area (Å²) < 4.78 is 58.9. The maximum Gasteiger partial charge on any atom is 0.251 e. The van der Waals surface area contributed by atoms with Gasteiger partial charge in [0, 0.05) is 45.8 Å². The van der Waals surface area contributed by atoms with Crippen molar-refractivity contribution in [3.05, 3.63) is 88.5 Å². The number of aromatic nitrogens is 3. The number of carbonyl (C=O) groups excluding carboxylic acids is 1. The zero-order chi connectivity index (χ0) is 31.4. The van der Waals surface area contributed by atoms with E-state index in [2.05, 4.69) is 20.5 Å². The molecule has 0 spiro atoms. The number of carbonyl (C=O) groups is 1. The van der Waals surface area contributed by atoms with Gasteiger partial charge >= 0.3 is 0 Å². The lowest BCUT2D eigenvalue weighted by Gasteiger charge is -2.32. The first-order valence-electron chi connectivity index (χ1n) is 14.2. The molecular formula is C33H31F3N4O4. The number of benzene rings is 3. The number of aliphatic hydroxyl groups is 1. The fraction of sp³-hybridized carbons (Fsp3) is 0.303. The highest BCUT2D eigenvalue weighted by Gasteiger charge is 2.43. The van der Waals surface area contributed by atoms with Gasteiger partial charge < -0.3 is 24.9 Å². The number of amides is 1. The molecule has 0 bridgehead atoms.